The molecule has 0 N–H and O–H groups in total. The minimum atomic E-state index is 0.904. The number of hydrogen-bond donors (Lipinski definition) is 0. The summed E-state index contributed by atoms with van der Waals surface area (Å²) in [6.07, 6.45) is 7.16. The summed E-state index contributed by atoms with van der Waals surface area (Å²) in [5.74, 6) is 1.81. The molecule has 0 aliphatic heterocycles. The fraction of sp³-hybridized carbons (Fsp3) is 0.400. The molecule has 0 aromatic heterocycles. The number of benzene rings is 2. The van der Waals surface area contributed by atoms with Crippen LogP contribution >= 0.6 is 31.9 Å². The van der Waals surface area contributed by atoms with Crippen molar-refractivity contribution in [2.45, 2.75) is 38.5 Å². The molecule has 0 bridgehead atoms. The molecule has 3 heteroatoms. The van der Waals surface area contributed by atoms with Gasteiger partial charge in [-0.25, -0.2) is 0 Å². The molecule has 2 aromatic rings. The van der Waals surface area contributed by atoms with Crippen molar-refractivity contribution in [1.82, 2.24) is 0 Å². The first-order valence-electron chi connectivity index (χ1n) is 8.29. The first-order chi connectivity index (χ1) is 11.3. The largest absolute Gasteiger partial charge is 0.457 e. The van der Waals surface area contributed by atoms with Crippen LogP contribution < -0.4 is 4.74 Å². The van der Waals surface area contributed by atoms with Gasteiger partial charge in [-0.1, -0.05) is 56.1 Å². The lowest BCUT2D eigenvalue weighted by atomic mass is 10.1. The standard InChI is InChI=1S/C20H24Br2O/c21-15-3-1-5-17-7-11-19(12-8-17)23-20-13-9-18(10-14-20)6-2-4-16-22/h7-14H,1-6,15-16H2. The molecule has 0 saturated carbocycles. The first-order valence-corrected chi connectivity index (χ1v) is 10.5. The van der Waals surface area contributed by atoms with E-state index in [0.717, 1.165) is 35.0 Å². The van der Waals surface area contributed by atoms with Gasteiger partial charge in [0.05, 0.1) is 0 Å². The Kier molecular flexibility index (Phi) is 8.77. The zero-order chi connectivity index (χ0) is 16.3. The number of unbranched alkanes of at least 4 members (excludes halogenated alkanes) is 2. The molecule has 0 unspecified atom stereocenters. The highest BCUT2D eigenvalue weighted by Crippen LogP contribution is 2.23. The molecule has 0 atom stereocenters. The van der Waals surface area contributed by atoms with E-state index in [4.69, 9.17) is 4.74 Å². The van der Waals surface area contributed by atoms with E-state index in [9.17, 15) is 0 Å². The lowest BCUT2D eigenvalue weighted by Gasteiger charge is -2.08. The molecule has 0 aliphatic rings. The van der Waals surface area contributed by atoms with Gasteiger partial charge in [0.1, 0.15) is 11.5 Å². The molecule has 0 aliphatic carbocycles. The zero-order valence-corrected chi connectivity index (χ0v) is 16.6. The van der Waals surface area contributed by atoms with Crippen molar-refractivity contribution in [1.29, 1.82) is 0 Å². The molecule has 0 spiro atoms. The van der Waals surface area contributed by atoms with Crippen LogP contribution in [0.4, 0.5) is 0 Å². The summed E-state index contributed by atoms with van der Waals surface area (Å²) in [4.78, 5) is 0. The molecule has 23 heavy (non-hydrogen) atoms. The molecule has 2 rings (SSSR count). The second kappa shape index (κ2) is 10.9. The molecular formula is C20H24Br2O. The zero-order valence-electron chi connectivity index (χ0n) is 13.4. The van der Waals surface area contributed by atoms with Crippen LogP contribution in [-0.2, 0) is 12.8 Å². The Morgan fingerprint density at radius 3 is 1.30 bits per heavy atom. The van der Waals surface area contributed by atoms with Gasteiger partial charge >= 0.3 is 0 Å². The predicted octanol–water partition coefficient (Wildman–Crippen LogP) is 6.91. The summed E-state index contributed by atoms with van der Waals surface area (Å²) < 4.78 is 5.92. The average molecular weight is 440 g/mol. The molecule has 0 heterocycles. The summed E-state index contributed by atoms with van der Waals surface area (Å²) in [5.41, 5.74) is 2.75. The van der Waals surface area contributed by atoms with Crippen LogP contribution in [0.15, 0.2) is 48.5 Å². The van der Waals surface area contributed by atoms with Crippen molar-refractivity contribution in [3.63, 3.8) is 0 Å². The maximum absolute atomic E-state index is 5.92. The Morgan fingerprint density at radius 1 is 0.565 bits per heavy atom. The summed E-state index contributed by atoms with van der Waals surface area (Å²) >= 11 is 6.94. The molecule has 0 saturated heterocycles. The Bertz CT molecular complexity index is 497. The summed E-state index contributed by atoms with van der Waals surface area (Å²) in [6, 6.07) is 16.9. The van der Waals surface area contributed by atoms with Crippen molar-refractivity contribution in [3.05, 3.63) is 59.7 Å². The Balaban J connectivity index is 1.84. The van der Waals surface area contributed by atoms with Crippen LogP contribution in [-0.4, -0.2) is 10.7 Å². The van der Waals surface area contributed by atoms with E-state index in [1.807, 2.05) is 0 Å². The molecule has 0 amide bonds. The molecule has 124 valence electrons. The van der Waals surface area contributed by atoms with Crippen LogP contribution in [0, 0.1) is 0 Å². The number of alkyl halides is 2. The third kappa shape index (κ3) is 7.09. The maximum atomic E-state index is 5.92. The van der Waals surface area contributed by atoms with Gasteiger partial charge in [-0.3, -0.25) is 0 Å². The third-order valence-corrected chi connectivity index (χ3v) is 4.90. The number of rotatable bonds is 10. The number of halogens is 2. The van der Waals surface area contributed by atoms with Gasteiger partial charge in [0, 0.05) is 10.7 Å². The van der Waals surface area contributed by atoms with E-state index in [2.05, 4.69) is 80.4 Å². The van der Waals surface area contributed by atoms with E-state index in [1.54, 1.807) is 0 Å². The van der Waals surface area contributed by atoms with E-state index >= 15 is 0 Å². The molecular weight excluding hydrogens is 416 g/mol. The summed E-state index contributed by atoms with van der Waals surface area (Å²) in [5, 5.41) is 2.17. The molecule has 2 aromatic carbocycles. The Morgan fingerprint density at radius 2 is 0.957 bits per heavy atom. The van der Waals surface area contributed by atoms with E-state index in [0.29, 0.717) is 0 Å². The molecule has 0 fully saturated rings. The van der Waals surface area contributed by atoms with E-state index in [-0.39, 0.29) is 0 Å². The SMILES string of the molecule is BrCCCCc1ccc(Oc2ccc(CCCCBr)cc2)cc1. The summed E-state index contributed by atoms with van der Waals surface area (Å²) in [6.45, 7) is 0. The number of ether oxygens (including phenoxy) is 1. The monoisotopic (exact) mass is 438 g/mol. The molecule has 1 nitrogen and oxygen atoms in total. The van der Waals surface area contributed by atoms with Crippen LogP contribution in [0.5, 0.6) is 11.5 Å². The minimum Gasteiger partial charge on any atom is -0.457 e. The predicted molar refractivity (Wildman–Crippen MR) is 106 cm³/mol. The van der Waals surface area contributed by atoms with Crippen molar-refractivity contribution in [2.75, 3.05) is 10.7 Å². The Labute approximate surface area is 156 Å². The average Bonchev–Trinajstić information content (AvgIpc) is 2.58. The molecule has 0 radical (unpaired) electrons. The lowest BCUT2D eigenvalue weighted by Crippen LogP contribution is -1.89. The normalized spacial score (nSPS) is 10.7. The van der Waals surface area contributed by atoms with E-state index in [1.165, 1.54) is 36.8 Å². The first kappa shape index (κ1) is 18.5. The minimum absolute atomic E-state index is 0.904. The van der Waals surface area contributed by atoms with Gasteiger partial charge in [-0.2, -0.15) is 0 Å². The summed E-state index contributed by atoms with van der Waals surface area (Å²) in [7, 11) is 0. The van der Waals surface area contributed by atoms with Crippen LogP contribution in [0.25, 0.3) is 0 Å². The quantitative estimate of drug-likeness (QED) is 0.288. The second-order valence-electron chi connectivity index (χ2n) is 5.68. The van der Waals surface area contributed by atoms with Crippen molar-refractivity contribution < 1.29 is 4.74 Å². The van der Waals surface area contributed by atoms with Crippen molar-refractivity contribution in [3.8, 4) is 11.5 Å². The smallest absolute Gasteiger partial charge is 0.127 e. The Hall–Kier alpha value is -0.800. The second-order valence-corrected chi connectivity index (χ2v) is 7.27. The fourth-order valence-corrected chi connectivity index (χ4v) is 3.22. The van der Waals surface area contributed by atoms with Crippen molar-refractivity contribution in [2.24, 2.45) is 0 Å². The van der Waals surface area contributed by atoms with E-state index < -0.39 is 0 Å². The number of aryl methyl sites for hydroxylation is 2. The highest BCUT2D eigenvalue weighted by atomic mass is 79.9. The number of hydrogen-bond acceptors (Lipinski definition) is 1. The van der Waals surface area contributed by atoms with Crippen LogP contribution in [0.3, 0.4) is 0 Å². The van der Waals surface area contributed by atoms with Gasteiger partial charge in [-0.15, -0.1) is 0 Å². The lowest BCUT2D eigenvalue weighted by molar-refractivity contribution is 0.482. The fourth-order valence-electron chi connectivity index (χ4n) is 2.43. The topological polar surface area (TPSA) is 9.23 Å². The highest BCUT2D eigenvalue weighted by molar-refractivity contribution is 9.09. The van der Waals surface area contributed by atoms with Gasteiger partial charge in [0.15, 0.2) is 0 Å². The third-order valence-electron chi connectivity index (χ3n) is 3.78. The van der Waals surface area contributed by atoms with Crippen LogP contribution in [0.2, 0.25) is 0 Å². The maximum Gasteiger partial charge on any atom is 0.127 e. The highest BCUT2D eigenvalue weighted by Gasteiger charge is 2.00. The van der Waals surface area contributed by atoms with Gasteiger partial charge < -0.3 is 4.74 Å². The van der Waals surface area contributed by atoms with Crippen LogP contribution in [0.1, 0.15) is 36.8 Å². The van der Waals surface area contributed by atoms with Crippen molar-refractivity contribution >= 4 is 31.9 Å². The van der Waals surface area contributed by atoms with Gasteiger partial charge in [0.2, 0.25) is 0 Å². The van der Waals surface area contributed by atoms with Gasteiger partial charge in [-0.05, 0) is 73.9 Å². The van der Waals surface area contributed by atoms with Gasteiger partial charge in [0.25, 0.3) is 0 Å².